The van der Waals surface area contributed by atoms with Crippen molar-refractivity contribution in [2.75, 3.05) is 0 Å². The molecule has 0 unspecified atom stereocenters. The van der Waals surface area contributed by atoms with Gasteiger partial charge in [-0.3, -0.25) is 0 Å². The molecule has 0 bridgehead atoms. The first-order valence-corrected chi connectivity index (χ1v) is 13.8. The van der Waals surface area contributed by atoms with Crippen molar-refractivity contribution in [2.45, 2.75) is 26.2 Å². The van der Waals surface area contributed by atoms with Crippen molar-refractivity contribution in [2.24, 2.45) is 0 Å². The van der Waals surface area contributed by atoms with Gasteiger partial charge in [-0.05, 0) is 11.1 Å². The van der Waals surface area contributed by atoms with Crippen molar-refractivity contribution in [3.63, 3.8) is 0 Å². The Kier molecular flexibility index (Phi) is 12.1. The van der Waals surface area contributed by atoms with Gasteiger partial charge >= 0.3 is 0 Å². The average molecular weight is 327 g/mol. The highest BCUT2D eigenvalue weighted by molar-refractivity contribution is 6.61. The van der Waals surface area contributed by atoms with Crippen LogP contribution in [0.1, 0.15) is 0 Å². The van der Waals surface area contributed by atoms with Crippen LogP contribution in [0.2, 0.25) is 26.2 Å². The largest absolute Gasteiger partial charge is 0.107 e. The van der Waals surface area contributed by atoms with E-state index in [2.05, 4.69) is 99.3 Å². The van der Waals surface area contributed by atoms with Crippen LogP contribution in [0.25, 0.3) is 11.1 Å². The highest BCUT2D eigenvalue weighted by Crippen LogP contribution is 2.17. The molecule has 118 valence electrons. The van der Waals surface area contributed by atoms with E-state index in [9.17, 15) is 0 Å². The molecule has 0 N–H and O–H groups in total. The van der Waals surface area contributed by atoms with Gasteiger partial charge in [0.2, 0.25) is 0 Å². The standard InChI is InChI=1S/C12H10.2C4H10Si/c1-3-7-11(8-4-1)12-9-5-2-6-10-12;2*1-4-5(2)3/h1-10H;2*4-5H,1H2,2-3H3. The molecule has 0 aliphatic carbocycles. The molecule has 22 heavy (non-hydrogen) atoms. The molecule has 0 nitrogen and oxygen atoms in total. The summed E-state index contributed by atoms with van der Waals surface area (Å²) in [6, 6.07) is 20.8. The maximum atomic E-state index is 3.62. The summed E-state index contributed by atoms with van der Waals surface area (Å²) in [5, 5.41) is 0. The van der Waals surface area contributed by atoms with Crippen LogP contribution in [0.4, 0.5) is 0 Å². The summed E-state index contributed by atoms with van der Waals surface area (Å²) < 4.78 is 0. The SMILES string of the molecule is C=C[SiH](C)C.C=C[SiH](C)C.c1ccc(-c2ccccc2)cc1. The molecule has 0 saturated carbocycles. The summed E-state index contributed by atoms with van der Waals surface area (Å²) in [5.41, 5.74) is 6.66. The van der Waals surface area contributed by atoms with Crippen molar-refractivity contribution in [3.05, 3.63) is 85.2 Å². The Labute approximate surface area is 140 Å². The molecule has 2 rings (SSSR count). The molecule has 0 spiro atoms. The van der Waals surface area contributed by atoms with E-state index in [-0.39, 0.29) is 17.6 Å². The molecular formula is C20H30Si2. The van der Waals surface area contributed by atoms with E-state index in [1.54, 1.807) is 0 Å². The van der Waals surface area contributed by atoms with E-state index in [4.69, 9.17) is 0 Å². The lowest BCUT2D eigenvalue weighted by molar-refractivity contribution is 1.62. The topological polar surface area (TPSA) is 0 Å². The summed E-state index contributed by atoms with van der Waals surface area (Å²) in [7, 11) is -0.772. The third-order valence-electron chi connectivity index (χ3n) is 2.82. The van der Waals surface area contributed by atoms with E-state index in [0.717, 1.165) is 0 Å². The highest BCUT2D eigenvalue weighted by Gasteiger charge is 1.91. The van der Waals surface area contributed by atoms with Crippen LogP contribution in [0.3, 0.4) is 0 Å². The number of hydrogen-bond donors (Lipinski definition) is 0. The summed E-state index contributed by atoms with van der Waals surface area (Å²) in [5.74, 6) is 0. The van der Waals surface area contributed by atoms with Crippen LogP contribution in [0.15, 0.2) is 85.2 Å². The van der Waals surface area contributed by atoms with Gasteiger partial charge in [-0.1, -0.05) is 86.9 Å². The highest BCUT2D eigenvalue weighted by atomic mass is 28.3. The first-order chi connectivity index (χ1) is 10.5. The molecule has 0 saturated heterocycles. The van der Waals surface area contributed by atoms with E-state index >= 15 is 0 Å². The lowest BCUT2D eigenvalue weighted by atomic mass is 10.1. The Bertz CT molecular complexity index is 452. The second-order valence-corrected chi connectivity index (χ2v) is 11.6. The van der Waals surface area contributed by atoms with E-state index in [0.29, 0.717) is 0 Å². The van der Waals surface area contributed by atoms with E-state index in [1.165, 1.54) is 11.1 Å². The normalized spacial score (nSPS) is 9.18. The molecule has 2 heteroatoms. The summed E-state index contributed by atoms with van der Waals surface area (Å²) in [4.78, 5) is 0. The van der Waals surface area contributed by atoms with Gasteiger partial charge in [-0.2, -0.15) is 0 Å². The van der Waals surface area contributed by atoms with Gasteiger partial charge in [0, 0.05) is 0 Å². The quantitative estimate of drug-likeness (QED) is 0.630. The van der Waals surface area contributed by atoms with Crippen molar-refractivity contribution in [3.8, 4) is 11.1 Å². The smallest absolute Gasteiger partial charge is 0.0546 e. The van der Waals surface area contributed by atoms with Crippen LogP contribution in [-0.4, -0.2) is 17.6 Å². The molecular weight excluding hydrogens is 296 g/mol. The van der Waals surface area contributed by atoms with Crippen molar-refractivity contribution in [1.82, 2.24) is 0 Å². The zero-order valence-electron chi connectivity index (χ0n) is 14.5. The number of benzene rings is 2. The zero-order valence-corrected chi connectivity index (χ0v) is 16.8. The van der Waals surface area contributed by atoms with Crippen LogP contribution in [-0.2, 0) is 0 Å². The van der Waals surface area contributed by atoms with Crippen molar-refractivity contribution in [1.29, 1.82) is 0 Å². The van der Waals surface area contributed by atoms with Gasteiger partial charge in [0.05, 0.1) is 17.6 Å². The van der Waals surface area contributed by atoms with Crippen LogP contribution in [0, 0.1) is 0 Å². The predicted octanol–water partition coefficient (Wildman–Crippen LogP) is 5.75. The van der Waals surface area contributed by atoms with Gasteiger partial charge in [-0.15, -0.1) is 24.6 Å². The van der Waals surface area contributed by atoms with Crippen LogP contribution in [0.5, 0.6) is 0 Å². The van der Waals surface area contributed by atoms with Crippen LogP contribution < -0.4 is 0 Å². The summed E-state index contributed by atoms with van der Waals surface area (Å²) in [6.07, 6.45) is 0. The van der Waals surface area contributed by atoms with Crippen LogP contribution >= 0.6 is 0 Å². The Morgan fingerprint density at radius 2 is 0.818 bits per heavy atom. The molecule has 2 aromatic rings. The monoisotopic (exact) mass is 326 g/mol. The first-order valence-electron chi connectivity index (χ1n) is 7.86. The molecule has 2 aromatic carbocycles. The lowest BCUT2D eigenvalue weighted by Crippen LogP contribution is -1.89. The van der Waals surface area contributed by atoms with Gasteiger partial charge in [-0.25, -0.2) is 0 Å². The third kappa shape index (κ3) is 11.1. The Balaban J connectivity index is 0.000000372. The maximum Gasteiger partial charge on any atom is 0.0546 e. The van der Waals surface area contributed by atoms with Crippen molar-refractivity contribution < 1.29 is 0 Å². The van der Waals surface area contributed by atoms with Gasteiger partial charge < -0.3 is 0 Å². The molecule has 0 atom stereocenters. The Hall–Kier alpha value is -1.65. The first kappa shape index (κ1) is 20.4. The molecule has 0 radical (unpaired) electrons. The van der Waals surface area contributed by atoms with Crippen molar-refractivity contribution >= 4 is 17.6 Å². The van der Waals surface area contributed by atoms with Gasteiger partial charge in [0.15, 0.2) is 0 Å². The van der Waals surface area contributed by atoms with Gasteiger partial charge in [0.1, 0.15) is 0 Å². The molecule has 0 aliphatic heterocycles. The minimum atomic E-state index is -0.386. The molecule has 0 aromatic heterocycles. The Morgan fingerprint density at radius 3 is 1.00 bits per heavy atom. The minimum absolute atomic E-state index is 0.386. The van der Waals surface area contributed by atoms with E-state index < -0.39 is 0 Å². The zero-order chi connectivity index (χ0) is 16.8. The third-order valence-corrected chi connectivity index (χ3v) is 4.71. The fourth-order valence-corrected chi connectivity index (χ4v) is 1.26. The number of rotatable bonds is 3. The Morgan fingerprint density at radius 1 is 0.591 bits per heavy atom. The molecule has 0 aliphatic rings. The second kappa shape index (κ2) is 13.0. The minimum Gasteiger partial charge on any atom is -0.107 e. The molecule has 0 fully saturated rings. The summed E-state index contributed by atoms with van der Waals surface area (Å²) in [6.45, 7) is 16.2. The molecule has 0 amide bonds. The molecule has 0 heterocycles. The average Bonchev–Trinajstić information content (AvgIpc) is 2.57. The van der Waals surface area contributed by atoms with E-state index in [1.807, 2.05) is 12.1 Å². The maximum absolute atomic E-state index is 3.62. The summed E-state index contributed by atoms with van der Waals surface area (Å²) >= 11 is 0. The predicted molar refractivity (Wildman–Crippen MR) is 110 cm³/mol. The number of hydrogen-bond acceptors (Lipinski definition) is 0. The fourth-order valence-electron chi connectivity index (χ4n) is 1.26. The van der Waals surface area contributed by atoms with Gasteiger partial charge in [0.25, 0.3) is 0 Å². The second-order valence-electron chi connectivity index (χ2n) is 5.69. The fraction of sp³-hybridized carbons (Fsp3) is 0.200. The lowest BCUT2D eigenvalue weighted by Gasteiger charge is -1.98.